The Balaban J connectivity index is 2.46. The zero-order chi connectivity index (χ0) is 29.3. The Hall–Kier alpha value is -2.95. The van der Waals surface area contributed by atoms with E-state index in [-0.39, 0.29) is 42.8 Å². The number of para-hydroxylation sites is 1. The predicted molar refractivity (Wildman–Crippen MR) is 150 cm³/mol. The summed E-state index contributed by atoms with van der Waals surface area (Å²) in [5.74, 6) is -0.792. The molecule has 0 aromatic heterocycles. The molecule has 0 spiro atoms. The van der Waals surface area contributed by atoms with Gasteiger partial charge in [0.05, 0.1) is 13.0 Å². The maximum absolute atomic E-state index is 14.2. The summed E-state index contributed by atoms with van der Waals surface area (Å²) in [6, 6.07) is 2.66. The van der Waals surface area contributed by atoms with E-state index in [1.54, 1.807) is 52.8 Å². The topological polar surface area (TPSA) is 134 Å². The van der Waals surface area contributed by atoms with Crippen molar-refractivity contribution >= 4 is 35.6 Å². The van der Waals surface area contributed by atoms with Gasteiger partial charge in [0.1, 0.15) is 23.4 Å². The van der Waals surface area contributed by atoms with Crippen LogP contribution in [0.1, 0.15) is 71.0 Å². The van der Waals surface area contributed by atoms with Gasteiger partial charge in [0.2, 0.25) is 11.8 Å². The number of benzene rings is 1. The number of hydrogen-bond donors (Lipinski definition) is 3. The van der Waals surface area contributed by atoms with Crippen molar-refractivity contribution < 1.29 is 33.8 Å². The van der Waals surface area contributed by atoms with Crippen molar-refractivity contribution in [2.45, 2.75) is 84.5 Å². The van der Waals surface area contributed by atoms with Gasteiger partial charge in [-0.25, -0.2) is 4.79 Å². The predicted octanol–water partition coefficient (Wildman–Crippen LogP) is 3.69. The van der Waals surface area contributed by atoms with Crippen LogP contribution in [0.25, 0.3) is 0 Å². The molecule has 3 amide bonds. The van der Waals surface area contributed by atoms with Crippen LogP contribution < -0.4 is 10.6 Å². The molecule has 1 aromatic carbocycles. The molecule has 1 aromatic rings. The van der Waals surface area contributed by atoms with Crippen LogP contribution in [0.2, 0.25) is 0 Å². The number of amides is 3. The number of hydrogen-bond acceptors (Lipinski definition) is 8. The molecule has 218 valence electrons. The number of alkyl carbamates (subject to hydrolysis) is 1. The van der Waals surface area contributed by atoms with E-state index < -0.39 is 41.6 Å². The Morgan fingerprint density at radius 3 is 2.46 bits per heavy atom. The molecule has 2 rings (SSSR count). The minimum atomic E-state index is -1.17. The average molecular weight is 566 g/mol. The smallest absolute Gasteiger partial charge is 0.408 e. The van der Waals surface area contributed by atoms with Gasteiger partial charge in [-0.1, -0.05) is 25.1 Å². The van der Waals surface area contributed by atoms with Crippen molar-refractivity contribution in [2.75, 3.05) is 25.2 Å². The zero-order valence-electron chi connectivity index (χ0n) is 24.0. The fraction of sp³-hybridized carbons (Fsp3) is 0.643. The van der Waals surface area contributed by atoms with Crippen LogP contribution in [0.3, 0.4) is 0 Å². The summed E-state index contributed by atoms with van der Waals surface area (Å²) >= 11 is 1.53. The highest BCUT2D eigenvalue weighted by Crippen LogP contribution is 2.43. The number of carbonyl (C=O) groups excluding carboxylic acids is 4. The molecule has 0 aliphatic heterocycles. The van der Waals surface area contributed by atoms with E-state index in [1.807, 2.05) is 13.2 Å². The molecule has 4 unspecified atom stereocenters. The number of phenolic OH excluding ortho intramolecular Hbond substituents is 1. The van der Waals surface area contributed by atoms with Crippen LogP contribution in [-0.4, -0.2) is 76.7 Å². The average Bonchev–Trinajstić information content (AvgIpc) is 3.56. The highest BCUT2D eigenvalue weighted by atomic mass is 32.2. The number of nitrogens with zero attached hydrogens (tertiary/aromatic N) is 1. The largest absolute Gasteiger partial charge is 0.507 e. The molecule has 11 heteroatoms. The molecule has 0 heterocycles. The molecular weight excluding hydrogens is 522 g/mol. The number of aryl methyl sites for hydroxylation is 1. The molecule has 1 fully saturated rings. The molecule has 0 bridgehead atoms. The van der Waals surface area contributed by atoms with Gasteiger partial charge in [0.25, 0.3) is 0 Å². The van der Waals surface area contributed by atoms with E-state index in [0.717, 1.165) is 0 Å². The first kappa shape index (κ1) is 32.3. The number of carbonyl (C=O) groups is 4. The lowest BCUT2D eigenvalue weighted by Crippen LogP contribution is -2.54. The van der Waals surface area contributed by atoms with Crippen molar-refractivity contribution in [3.05, 3.63) is 29.3 Å². The van der Waals surface area contributed by atoms with Gasteiger partial charge in [-0.15, -0.1) is 0 Å². The maximum Gasteiger partial charge on any atom is 0.408 e. The lowest BCUT2D eigenvalue weighted by Gasteiger charge is -2.35. The summed E-state index contributed by atoms with van der Waals surface area (Å²) in [6.45, 7) is 10.8. The van der Waals surface area contributed by atoms with E-state index >= 15 is 0 Å². The minimum Gasteiger partial charge on any atom is -0.507 e. The van der Waals surface area contributed by atoms with Gasteiger partial charge < -0.3 is 30.1 Å². The van der Waals surface area contributed by atoms with E-state index in [4.69, 9.17) is 9.47 Å². The summed E-state index contributed by atoms with van der Waals surface area (Å²) in [6.07, 6.45) is 2.15. The maximum atomic E-state index is 14.2. The number of ether oxygens (including phenoxy) is 2. The van der Waals surface area contributed by atoms with Gasteiger partial charge in [0.15, 0.2) is 0 Å². The van der Waals surface area contributed by atoms with Gasteiger partial charge in [-0.05, 0) is 71.0 Å². The Morgan fingerprint density at radius 1 is 1.23 bits per heavy atom. The minimum absolute atomic E-state index is 0.00898. The molecule has 1 aliphatic rings. The Bertz CT molecular complexity index is 1030. The normalized spacial score (nSPS) is 17.9. The Kier molecular flexibility index (Phi) is 11.9. The van der Waals surface area contributed by atoms with E-state index in [1.165, 1.54) is 16.7 Å². The summed E-state index contributed by atoms with van der Waals surface area (Å²) in [5, 5.41) is 16.4. The lowest BCUT2D eigenvalue weighted by atomic mass is 9.98. The molecule has 1 aliphatic carbocycles. The Morgan fingerprint density at radius 2 is 1.90 bits per heavy atom. The highest BCUT2D eigenvalue weighted by molar-refractivity contribution is 7.98. The molecule has 0 radical (unpaired) electrons. The van der Waals surface area contributed by atoms with E-state index in [9.17, 15) is 24.3 Å². The van der Waals surface area contributed by atoms with Gasteiger partial charge in [-0.2, -0.15) is 11.8 Å². The molecule has 39 heavy (non-hydrogen) atoms. The standard InChI is InChI=1S/C28H43N3O7S/c1-8-37-22(32)12-14-29-25(34)23(19-11-9-10-17(2)24(19)33)31(21-16-18(21)3)26(35)20(13-15-39-7)30-27(36)38-28(4,5)6/h9-11,18,20-21,23,33H,8,12-16H2,1-7H3,(H,29,34)(H,30,36). The molecule has 3 N–H and O–H groups in total. The van der Waals surface area contributed by atoms with Crippen LogP contribution in [0.4, 0.5) is 4.79 Å². The van der Waals surface area contributed by atoms with E-state index in [2.05, 4.69) is 10.6 Å². The number of phenols is 1. The van der Waals surface area contributed by atoms with Crippen LogP contribution in [0.5, 0.6) is 5.75 Å². The fourth-order valence-electron chi connectivity index (χ4n) is 4.23. The highest BCUT2D eigenvalue weighted by Gasteiger charge is 2.48. The summed E-state index contributed by atoms with van der Waals surface area (Å²) < 4.78 is 10.4. The van der Waals surface area contributed by atoms with Crippen molar-refractivity contribution in [1.82, 2.24) is 15.5 Å². The second-order valence-electron chi connectivity index (χ2n) is 10.8. The fourth-order valence-corrected chi connectivity index (χ4v) is 4.70. The van der Waals surface area contributed by atoms with Crippen LogP contribution in [0, 0.1) is 12.8 Å². The molecule has 4 atom stereocenters. The van der Waals surface area contributed by atoms with Crippen molar-refractivity contribution in [1.29, 1.82) is 0 Å². The summed E-state index contributed by atoms with van der Waals surface area (Å²) in [7, 11) is 0. The SMILES string of the molecule is CCOC(=O)CCNC(=O)C(c1cccc(C)c1O)N(C(=O)C(CCSC)NC(=O)OC(C)(C)C)C1CC1C. The first-order chi connectivity index (χ1) is 18.3. The molecule has 1 saturated carbocycles. The quantitative estimate of drug-likeness (QED) is 0.308. The number of aromatic hydroxyl groups is 1. The number of nitrogens with one attached hydrogen (secondary N) is 2. The monoisotopic (exact) mass is 565 g/mol. The van der Waals surface area contributed by atoms with E-state index in [0.29, 0.717) is 24.2 Å². The first-order valence-corrected chi connectivity index (χ1v) is 14.7. The second-order valence-corrected chi connectivity index (χ2v) is 11.8. The van der Waals surface area contributed by atoms with Crippen molar-refractivity contribution in [3.8, 4) is 5.75 Å². The van der Waals surface area contributed by atoms with Crippen molar-refractivity contribution in [3.63, 3.8) is 0 Å². The van der Waals surface area contributed by atoms with Crippen LogP contribution in [0.15, 0.2) is 18.2 Å². The molecule has 10 nitrogen and oxygen atoms in total. The van der Waals surface area contributed by atoms with Gasteiger partial charge in [-0.3, -0.25) is 14.4 Å². The van der Waals surface area contributed by atoms with Gasteiger partial charge >= 0.3 is 12.1 Å². The van der Waals surface area contributed by atoms with Crippen molar-refractivity contribution in [2.24, 2.45) is 5.92 Å². The van der Waals surface area contributed by atoms with Gasteiger partial charge in [0, 0.05) is 18.2 Å². The zero-order valence-corrected chi connectivity index (χ0v) is 24.9. The summed E-state index contributed by atoms with van der Waals surface area (Å²) in [5.41, 5.74) is 0.0761. The van der Waals surface area contributed by atoms with Crippen LogP contribution in [-0.2, 0) is 23.9 Å². The first-order valence-electron chi connectivity index (χ1n) is 13.3. The second kappa shape index (κ2) is 14.4. The molecule has 0 saturated heterocycles. The molecular formula is C28H43N3O7S. The Labute approximate surface area is 235 Å². The number of rotatable bonds is 13. The third kappa shape index (κ3) is 9.63. The lowest BCUT2D eigenvalue weighted by molar-refractivity contribution is -0.145. The third-order valence-electron chi connectivity index (χ3n) is 6.30. The number of esters is 1. The number of thioether (sulfide) groups is 1. The third-order valence-corrected chi connectivity index (χ3v) is 6.95. The van der Waals surface area contributed by atoms with Crippen LogP contribution >= 0.6 is 11.8 Å². The summed E-state index contributed by atoms with van der Waals surface area (Å²) in [4.78, 5) is 53.8.